The van der Waals surface area contributed by atoms with E-state index in [1.165, 1.54) is 0 Å². The summed E-state index contributed by atoms with van der Waals surface area (Å²) >= 11 is 0. The molecular formula is C8H13NO7. The van der Waals surface area contributed by atoms with Crippen LogP contribution in [0.1, 0.15) is 12.8 Å². The van der Waals surface area contributed by atoms with E-state index < -0.39 is 36.4 Å². The van der Waals surface area contributed by atoms with Gasteiger partial charge in [-0.05, 0) is 0 Å². The van der Waals surface area contributed by atoms with Crippen molar-refractivity contribution in [3.8, 4) is 0 Å². The molecule has 5 N–H and O–H groups in total. The zero-order chi connectivity index (χ0) is 12.8. The first kappa shape index (κ1) is 14.3. The zero-order valence-corrected chi connectivity index (χ0v) is 8.38. The molecule has 16 heavy (non-hydrogen) atoms. The van der Waals surface area contributed by atoms with Crippen molar-refractivity contribution in [3.05, 3.63) is 0 Å². The minimum Gasteiger partial charge on any atom is -0.481 e. The summed E-state index contributed by atoms with van der Waals surface area (Å²) in [5, 5.41) is 25.9. The van der Waals surface area contributed by atoms with Crippen LogP contribution in [0.3, 0.4) is 0 Å². The molecule has 0 aliphatic carbocycles. The minimum atomic E-state index is -2.27. The molecule has 0 aliphatic rings. The van der Waals surface area contributed by atoms with Crippen molar-refractivity contribution >= 4 is 17.9 Å². The number of carboxylic acids is 3. The van der Waals surface area contributed by atoms with Gasteiger partial charge in [0.2, 0.25) is 0 Å². The van der Waals surface area contributed by atoms with Crippen LogP contribution in [-0.4, -0.2) is 52.0 Å². The zero-order valence-electron chi connectivity index (χ0n) is 8.38. The Morgan fingerprint density at radius 1 is 1.06 bits per heavy atom. The predicted octanol–water partition coefficient (Wildman–Crippen LogP) is -1.27. The molecule has 8 nitrogen and oxygen atoms in total. The second kappa shape index (κ2) is 6.03. The highest BCUT2D eigenvalue weighted by molar-refractivity contribution is 5.88. The number of aliphatic carboxylic acids is 3. The van der Waals surface area contributed by atoms with Gasteiger partial charge in [-0.25, -0.2) is 4.79 Å². The number of rotatable bonds is 8. The molecule has 0 amide bonds. The van der Waals surface area contributed by atoms with E-state index in [1.807, 2.05) is 0 Å². The molecule has 92 valence electrons. The van der Waals surface area contributed by atoms with Gasteiger partial charge in [-0.15, -0.1) is 0 Å². The largest absolute Gasteiger partial charge is 0.481 e. The van der Waals surface area contributed by atoms with Crippen molar-refractivity contribution < 1.29 is 34.4 Å². The molecule has 0 bridgehead atoms. The molecule has 0 aromatic heterocycles. The molecule has 0 rings (SSSR count). The van der Waals surface area contributed by atoms with E-state index in [0.717, 1.165) is 0 Å². The van der Waals surface area contributed by atoms with Crippen LogP contribution in [0.25, 0.3) is 0 Å². The van der Waals surface area contributed by atoms with Crippen LogP contribution in [0, 0.1) is 0 Å². The van der Waals surface area contributed by atoms with Crippen LogP contribution in [0.5, 0.6) is 0 Å². The van der Waals surface area contributed by atoms with Gasteiger partial charge in [-0.2, -0.15) is 0 Å². The molecule has 0 radical (unpaired) electrons. The molecule has 0 heterocycles. The van der Waals surface area contributed by atoms with Gasteiger partial charge in [0, 0.05) is 6.54 Å². The lowest BCUT2D eigenvalue weighted by atomic mass is 9.95. The van der Waals surface area contributed by atoms with E-state index >= 15 is 0 Å². The van der Waals surface area contributed by atoms with E-state index in [0.29, 0.717) is 0 Å². The first-order valence-corrected chi connectivity index (χ1v) is 4.35. The number of nitrogens with two attached hydrogens (primary N) is 1. The summed E-state index contributed by atoms with van der Waals surface area (Å²) in [5.41, 5.74) is 2.82. The maximum Gasteiger partial charge on any atom is 0.337 e. The number of hydrogen-bond acceptors (Lipinski definition) is 5. The molecule has 0 saturated carbocycles. The fourth-order valence-electron chi connectivity index (χ4n) is 1.12. The molecule has 0 saturated heterocycles. The third-order valence-corrected chi connectivity index (χ3v) is 1.76. The van der Waals surface area contributed by atoms with E-state index in [4.69, 9.17) is 25.8 Å². The lowest BCUT2D eigenvalue weighted by Gasteiger charge is -2.26. The molecule has 0 aromatic carbocycles. The van der Waals surface area contributed by atoms with Gasteiger partial charge in [0.1, 0.15) is 0 Å². The third-order valence-electron chi connectivity index (χ3n) is 1.76. The average molecular weight is 235 g/mol. The summed E-state index contributed by atoms with van der Waals surface area (Å²) in [7, 11) is 0. The van der Waals surface area contributed by atoms with Crippen LogP contribution in [0.15, 0.2) is 0 Å². The number of carboxylic acid groups (broad SMARTS) is 3. The Kier molecular flexibility index (Phi) is 5.40. The molecule has 0 spiro atoms. The summed E-state index contributed by atoms with van der Waals surface area (Å²) in [6, 6.07) is 0. The predicted molar refractivity (Wildman–Crippen MR) is 49.9 cm³/mol. The second-order valence-electron chi connectivity index (χ2n) is 3.08. The smallest absolute Gasteiger partial charge is 0.337 e. The molecule has 0 unspecified atom stereocenters. The van der Waals surface area contributed by atoms with Crippen molar-refractivity contribution in [1.29, 1.82) is 0 Å². The maximum absolute atomic E-state index is 10.9. The van der Waals surface area contributed by atoms with Crippen LogP contribution < -0.4 is 5.73 Å². The molecule has 0 aromatic rings. The minimum absolute atomic E-state index is 0.0335. The Morgan fingerprint density at radius 3 is 1.75 bits per heavy atom. The third kappa shape index (κ3) is 4.24. The van der Waals surface area contributed by atoms with E-state index in [-0.39, 0.29) is 13.2 Å². The Balaban J connectivity index is 4.95. The van der Waals surface area contributed by atoms with Crippen LogP contribution in [-0.2, 0) is 19.1 Å². The number of hydrogen-bond donors (Lipinski definition) is 4. The maximum atomic E-state index is 10.9. The summed E-state index contributed by atoms with van der Waals surface area (Å²) in [6.45, 7) is -0.263. The SMILES string of the molecule is NCCOC(CC(=O)O)(CC(=O)O)C(=O)O. The topological polar surface area (TPSA) is 147 Å². The van der Waals surface area contributed by atoms with Crippen molar-refractivity contribution in [1.82, 2.24) is 0 Å². The highest BCUT2D eigenvalue weighted by Crippen LogP contribution is 2.21. The highest BCUT2D eigenvalue weighted by atomic mass is 16.5. The van der Waals surface area contributed by atoms with Gasteiger partial charge in [-0.3, -0.25) is 9.59 Å². The molecule has 0 atom stereocenters. The van der Waals surface area contributed by atoms with Crippen molar-refractivity contribution in [2.75, 3.05) is 13.2 Å². The van der Waals surface area contributed by atoms with Gasteiger partial charge < -0.3 is 25.8 Å². The Bertz CT molecular complexity index is 272. The number of ether oxygens (including phenoxy) is 1. The standard InChI is InChI=1S/C8H13NO7/c9-1-2-16-8(7(14)15,3-5(10)11)4-6(12)13/h1-4,9H2,(H,10,11)(H,12,13)(H,14,15). The fraction of sp³-hybridized carbons (Fsp3) is 0.625. The van der Waals surface area contributed by atoms with E-state index in [9.17, 15) is 14.4 Å². The van der Waals surface area contributed by atoms with Crippen LogP contribution >= 0.6 is 0 Å². The van der Waals surface area contributed by atoms with Crippen molar-refractivity contribution in [3.63, 3.8) is 0 Å². The Hall–Kier alpha value is -1.67. The summed E-state index contributed by atoms with van der Waals surface area (Å²) in [5.74, 6) is -4.55. The van der Waals surface area contributed by atoms with Gasteiger partial charge in [-0.1, -0.05) is 0 Å². The molecule has 8 heteroatoms. The Labute approximate surface area is 90.6 Å². The summed E-state index contributed by atoms with van der Waals surface area (Å²) in [4.78, 5) is 31.9. The normalized spacial score (nSPS) is 11.1. The molecular weight excluding hydrogens is 222 g/mol. The summed E-state index contributed by atoms with van der Waals surface area (Å²) in [6.07, 6.45) is -1.87. The lowest BCUT2D eigenvalue weighted by Crippen LogP contribution is -2.46. The number of carbonyl (C=O) groups is 3. The van der Waals surface area contributed by atoms with Crippen molar-refractivity contribution in [2.45, 2.75) is 18.4 Å². The van der Waals surface area contributed by atoms with Crippen LogP contribution in [0.2, 0.25) is 0 Å². The van der Waals surface area contributed by atoms with Gasteiger partial charge in [0.05, 0.1) is 19.4 Å². The average Bonchev–Trinajstić information content (AvgIpc) is 2.11. The monoisotopic (exact) mass is 235 g/mol. The fourth-order valence-corrected chi connectivity index (χ4v) is 1.12. The first-order chi connectivity index (χ1) is 7.34. The van der Waals surface area contributed by atoms with Gasteiger partial charge in [0.25, 0.3) is 0 Å². The lowest BCUT2D eigenvalue weighted by molar-refractivity contribution is -0.178. The van der Waals surface area contributed by atoms with E-state index in [2.05, 4.69) is 0 Å². The second-order valence-corrected chi connectivity index (χ2v) is 3.08. The molecule has 0 fully saturated rings. The highest BCUT2D eigenvalue weighted by Gasteiger charge is 2.44. The van der Waals surface area contributed by atoms with Gasteiger partial charge >= 0.3 is 17.9 Å². The van der Waals surface area contributed by atoms with Gasteiger partial charge in [0.15, 0.2) is 5.60 Å². The quantitative estimate of drug-likeness (QED) is 0.407. The Morgan fingerprint density at radius 2 is 1.50 bits per heavy atom. The first-order valence-electron chi connectivity index (χ1n) is 4.35. The molecule has 0 aliphatic heterocycles. The van der Waals surface area contributed by atoms with Crippen LogP contribution in [0.4, 0.5) is 0 Å². The van der Waals surface area contributed by atoms with E-state index in [1.54, 1.807) is 0 Å². The van der Waals surface area contributed by atoms with Crippen molar-refractivity contribution in [2.24, 2.45) is 5.73 Å². The summed E-state index contributed by atoms with van der Waals surface area (Å²) < 4.78 is 4.78.